The number of aliphatic hydroxyl groups excluding tert-OH is 1. The number of nitrogens with one attached hydrogen (secondary N) is 1. The number of rotatable bonds is 4. The summed E-state index contributed by atoms with van der Waals surface area (Å²) < 4.78 is 0.743. The maximum Gasteiger partial charge on any atom is 0.255 e. The van der Waals surface area contributed by atoms with Crippen LogP contribution in [0.5, 0.6) is 0 Å². The topological polar surface area (TPSA) is 65.5 Å². The highest BCUT2D eigenvalue weighted by atomic mass is 79.9. The van der Waals surface area contributed by atoms with Gasteiger partial charge in [0.05, 0.1) is 12.2 Å². The zero-order valence-corrected chi connectivity index (χ0v) is 10.8. The molecule has 1 heterocycles. The molecule has 1 aromatic rings. The van der Waals surface area contributed by atoms with Crippen LogP contribution in [0.2, 0.25) is 0 Å². The molecule has 0 spiro atoms. The molecule has 0 aliphatic rings. The van der Waals surface area contributed by atoms with Gasteiger partial charge < -0.3 is 15.3 Å². The molecule has 2 N–H and O–H groups in total. The minimum atomic E-state index is -0.244. The Morgan fingerprint density at radius 1 is 1.62 bits per heavy atom. The average molecular weight is 288 g/mol. The number of amides is 1. The molecule has 0 aliphatic heterocycles. The minimum absolute atomic E-state index is 0.0789. The Hall–Kier alpha value is -1.14. The van der Waals surface area contributed by atoms with Crippen LogP contribution in [0.1, 0.15) is 10.4 Å². The van der Waals surface area contributed by atoms with E-state index >= 15 is 0 Å². The van der Waals surface area contributed by atoms with Crippen molar-refractivity contribution in [1.29, 1.82) is 0 Å². The fourth-order valence-electron chi connectivity index (χ4n) is 1.22. The van der Waals surface area contributed by atoms with Gasteiger partial charge in [-0.05, 0) is 22.0 Å². The molecule has 16 heavy (non-hydrogen) atoms. The predicted octanol–water partition coefficient (Wildman–Crippen LogP) is 0.632. The van der Waals surface area contributed by atoms with E-state index in [4.69, 9.17) is 5.11 Å². The van der Waals surface area contributed by atoms with Gasteiger partial charge in [-0.1, -0.05) is 0 Å². The van der Waals surface area contributed by atoms with Gasteiger partial charge in [-0.15, -0.1) is 0 Å². The highest BCUT2D eigenvalue weighted by Gasteiger charge is 2.14. The van der Waals surface area contributed by atoms with Crippen LogP contribution in [-0.4, -0.2) is 43.2 Å². The van der Waals surface area contributed by atoms with Gasteiger partial charge in [0, 0.05) is 31.3 Å². The van der Waals surface area contributed by atoms with E-state index in [-0.39, 0.29) is 19.1 Å². The van der Waals surface area contributed by atoms with E-state index in [0.717, 1.165) is 4.47 Å². The summed E-state index contributed by atoms with van der Waals surface area (Å²) in [6.07, 6.45) is 1.64. The van der Waals surface area contributed by atoms with Crippen molar-refractivity contribution in [2.24, 2.45) is 0 Å². The lowest BCUT2D eigenvalue weighted by molar-refractivity contribution is 0.0945. The molecule has 0 saturated carbocycles. The standard InChI is InChI=1S/C10H14BrN3O2/c1-14(2)9-8(5-7(11)6-13-9)10(16)12-3-4-15/h5-6,15H,3-4H2,1-2H3,(H,12,16). The summed E-state index contributed by atoms with van der Waals surface area (Å²) in [7, 11) is 3.64. The van der Waals surface area contributed by atoms with Crippen molar-refractivity contribution in [2.45, 2.75) is 0 Å². The second kappa shape index (κ2) is 5.81. The summed E-state index contributed by atoms with van der Waals surface area (Å²) in [5.74, 6) is 0.352. The zero-order chi connectivity index (χ0) is 12.1. The smallest absolute Gasteiger partial charge is 0.255 e. The van der Waals surface area contributed by atoms with Gasteiger partial charge in [0.2, 0.25) is 0 Å². The third kappa shape index (κ3) is 3.18. The second-order valence-electron chi connectivity index (χ2n) is 3.40. The highest BCUT2D eigenvalue weighted by molar-refractivity contribution is 9.10. The monoisotopic (exact) mass is 287 g/mol. The molecule has 1 rings (SSSR count). The van der Waals surface area contributed by atoms with Crippen molar-refractivity contribution in [3.05, 3.63) is 22.3 Å². The fraction of sp³-hybridized carbons (Fsp3) is 0.400. The van der Waals surface area contributed by atoms with Crippen LogP contribution in [0.4, 0.5) is 5.82 Å². The van der Waals surface area contributed by atoms with Crippen LogP contribution in [0.3, 0.4) is 0 Å². The molecular formula is C10H14BrN3O2. The summed E-state index contributed by atoms with van der Waals surface area (Å²) in [4.78, 5) is 17.7. The Morgan fingerprint density at radius 2 is 2.31 bits per heavy atom. The first-order valence-corrected chi connectivity index (χ1v) is 5.57. The largest absolute Gasteiger partial charge is 0.395 e. The number of nitrogens with zero attached hydrogens (tertiary/aromatic N) is 2. The summed E-state index contributed by atoms with van der Waals surface area (Å²) in [6.45, 7) is 0.155. The number of pyridine rings is 1. The summed E-state index contributed by atoms with van der Waals surface area (Å²) in [5.41, 5.74) is 0.479. The first-order chi connectivity index (χ1) is 7.56. The Kier molecular flexibility index (Phi) is 4.70. The molecule has 88 valence electrons. The maximum absolute atomic E-state index is 11.8. The molecule has 6 heteroatoms. The maximum atomic E-state index is 11.8. The Morgan fingerprint density at radius 3 is 2.88 bits per heavy atom. The van der Waals surface area contributed by atoms with E-state index in [1.54, 1.807) is 17.2 Å². The normalized spacial score (nSPS) is 10.0. The van der Waals surface area contributed by atoms with Crippen LogP contribution in [-0.2, 0) is 0 Å². The lowest BCUT2D eigenvalue weighted by atomic mass is 10.2. The molecule has 5 nitrogen and oxygen atoms in total. The molecule has 0 radical (unpaired) electrons. The number of anilines is 1. The van der Waals surface area contributed by atoms with Gasteiger partial charge in [0.15, 0.2) is 0 Å². The third-order valence-corrected chi connectivity index (χ3v) is 2.33. The number of halogens is 1. The molecule has 0 unspecified atom stereocenters. The van der Waals surface area contributed by atoms with Crippen LogP contribution in [0.25, 0.3) is 0 Å². The summed E-state index contributed by atoms with van der Waals surface area (Å²) in [6, 6.07) is 1.70. The zero-order valence-electron chi connectivity index (χ0n) is 9.20. The number of carbonyl (C=O) groups excluding carboxylic acids is 1. The number of aromatic nitrogens is 1. The fourth-order valence-corrected chi connectivity index (χ4v) is 1.55. The van der Waals surface area contributed by atoms with Gasteiger partial charge in [0.25, 0.3) is 5.91 Å². The Bertz CT molecular complexity index is 382. The second-order valence-corrected chi connectivity index (χ2v) is 4.31. The van der Waals surface area contributed by atoms with Gasteiger partial charge in [-0.25, -0.2) is 4.98 Å². The number of aliphatic hydroxyl groups is 1. The van der Waals surface area contributed by atoms with E-state index in [1.165, 1.54) is 0 Å². The molecule has 1 aromatic heterocycles. The van der Waals surface area contributed by atoms with E-state index < -0.39 is 0 Å². The predicted molar refractivity (Wildman–Crippen MR) is 65.7 cm³/mol. The molecular weight excluding hydrogens is 274 g/mol. The first-order valence-electron chi connectivity index (χ1n) is 4.78. The van der Waals surface area contributed by atoms with Crippen molar-refractivity contribution in [3.63, 3.8) is 0 Å². The summed E-state index contributed by atoms with van der Waals surface area (Å²) in [5, 5.41) is 11.2. The molecule has 0 saturated heterocycles. The van der Waals surface area contributed by atoms with Crippen molar-refractivity contribution in [1.82, 2.24) is 10.3 Å². The highest BCUT2D eigenvalue weighted by Crippen LogP contribution is 2.19. The van der Waals surface area contributed by atoms with Crippen molar-refractivity contribution in [2.75, 3.05) is 32.1 Å². The quantitative estimate of drug-likeness (QED) is 0.853. The number of hydrogen-bond donors (Lipinski definition) is 2. The lowest BCUT2D eigenvalue weighted by Crippen LogP contribution is -2.28. The number of hydrogen-bond acceptors (Lipinski definition) is 4. The van der Waals surface area contributed by atoms with E-state index in [0.29, 0.717) is 11.4 Å². The molecule has 0 atom stereocenters. The molecule has 1 amide bonds. The first kappa shape index (κ1) is 12.9. The van der Waals surface area contributed by atoms with E-state index in [2.05, 4.69) is 26.2 Å². The van der Waals surface area contributed by atoms with E-state index in [9.17, 15) is 4.79 Å². The van der Waals surface area contributed by atoms with Crippen LogP contribution in [0, 0.1) is 0 Å². The molecule has 0 aromatic carbocycles. The Labute approximate surface area is 103 Å². The molecule has 0 fully saturated rings. The third-order valence-electron chi connectivity index (χ3n) is 1.90. The van der Waals surface area contributed by atoms with Gasteiger partial charge in [-0.3, -0.25) is 4.79 Å². The van der Waals surface area contributed by atoms with Crippen molar-refractivity contribution in [3.8, 4) is 0 Å². The lowest BCUT2D eigenvalue weighted by Gasteiger charge is -2.15. The van der Waals surface area contributed by atoms with Crippen LogP contribution >= 0.6 is 15.9 Å². The van der Waals surface area contributed by atoms with Crippen molar-refractivity contribution < 1.29 is 9.90 Å². The average Bonchev–Trinajstić information content (AvgIpc) is 2.25. The summed E-state index contributed by atoms with van der Waals surface area (Å²) >= 11 is 3.27. The molecule has 0 bridgehead atoms. The van der Waals surface area contributed by atoms with Gasteiger partial charge >= 0.3 is 0 Å². The van der Waals surface area contributed by atoms with Gasteiger partial charge in [0.1, 0.15) is 5.82 Å². The number of carbonyl (C=O) groups is 1. The SMILES string of the molecule is CN(C)c1ncc(Br)cc1C(=O)NCCO. The van der Waals surface area contributed by atoms with Crippen LogP contribution < -0.4 is 10.2 Å². The minimum Gasteiger partial charge on any atom is -0.395 e. The van der Waals surface area contributed by atoms with Crippen molar-refractivity contribution >= 4 is 27.7 Å². The molecule has 0 aliphatic carbocycles. The van der Waals surface area contributed by atoms with Gasteiger partial charge in [-0.2, -0.15) is 0 Å². The van der Waals surface area contributed by atoms with E-state index in [1.807, 2.05) is 14.1 Å². The van der Waals surface area contributed by atoms with Crippen LogP contribution in [0.15, 0.2) is 16.7 Å². The Balaban J connectivity index is 3.00.